The van der Waals surface area contributed by atoms with Crippen molar-refractivity contribution in [2.75, 3.05) is 46.5 Å². The summed E-state index contributed by atoms with van der Waals surface area (Å²) in [5.41, 5.74) is 3.42. The molecule has 9 heteroatoms. The minimum Gasteiger partial charge on any atom is -0.465 e. The first kappa shape index (κ1) is 24.4. The molecule has 2 saturated heterocycles. The van der Waals surface area contributed by atoms with E-state index in [0.29, 0.717) is 5.56 Å². The van der Waals surface area contributed by atoms with Crippen molar-refractivity contribution < 1.29 is 14.3 Å². The Morgan fingerprint density at radius 1 is 1.14 bits per heavy atom. The van der Waals surface area contributed by atoms with Crippen molar-refractivity contribution in [3.05, 3.63) is 83.9 Å². The lowest BCUT2D eigenvalue weighted by Gasteiger charge is -2.31. The van der Waals surface area contributed by atoms with Crippen LogP contribution >= 0.6 is 12.2 Å². The predicted octanol–water partition coefficient (Wildman–Crippen LogP) is 3.35. The highest BCUT2D eigenvalue weighted by Gasteiger charge is 2.41. The molecule has 0 aliphatic carbocycles. The Hall–Kier alpha value is -3.27. The van der Waals surface area contributed by atoms with Crippen LogP contribution in [0.3, 0.4) is 0 Å². The number of esters is 1. The van der Waals surface area contributed by atoms with Crippen LogP contribution in [0.15, 0.2) is 67.0 Å². The van der Waals surface area contributed by atoms with E-state index in [4.69, 9.17) is 21.7 Å². The zero-order chi connectivity index (χ0) is 24.9. The number of carbonyl (C=O) groups excluding carboxylic acids is 1. The van der Waals surface area contributed by atoms with E-state index in [1.807, 2.05) is 54.9 Å². The van der Waals surface area contributed by atoms with Gasteiger partial charge in [-0.2, -0.15) is 0 Å². The van der Waals surface area contributed by atoms with Crippen LogP contribution in [-0.2, 0) is 9.47 Å². The summed E-state index contributed by atoms with van der Waals surface area (Å²) in [6, 6.07) is 17.4. The number of nitrogens with zero attached hydrogens (tertiary/aromatic N) is 4. The van der Waals surface area contributed by atoms with E-state index in [1.54, 1.807) is 6.07 Å². The first-order chi connectivity index (χ1) is 17.7. The number of methoxy groups -OCH3 is 1. The van der Waals surface area contributed by atoms with Gasteiger partial charge in [0.25, 0.3) is 0 Å². The van der Waals surface area contributed by atoms with E-state index in [9.17, 15) is 4.79 Å². The monoisotopic (exact) mass is 505 g/mol. The van der Waals surface area contributed by atoms with Crippen molar-refractivity contribution in [3.8, 4) is 5.69 Å². The van der Waals surface area contributed by atoms with Crippen molar-refractivity contribution in [2.24, 2.45) is 0 Å². The van der Waals surface area contributed by atoms with E-state index >= 15 is 0 Å². The third kappa shape index (κ3) is 5.13. The summed E-state index contributed by atoms with van der Waals surface area (Å²) >= 11 is 5.85. The van der Waals surface area contributed by atoms with Gasteiger partial charge in [-0.15, -0.1) is 0 Å². The van der Waals surface area contributed by atoms with Crippen molar-refractivity contribution in [2.45, 2.75) is 18.5 Å². The molecule has 0 bridgehead atoms. The summed E-state index contributed by atoms with van der Waals surface area (Å²) in [5, 5.41) is 4.27. The summed E-state index contributed by atoms with van der Waals surface area (Å²) in [6.07, 6.45) is 4.83. The quantitative estimate of drug-likeness (QED) is 0.369. The fourth-order valence-corrected chi connectivity index (χ4v) is 5.36. The van der Waals surface area contributed by atoms with Crippen LogP contribution in [0.25, 0.3) is 5.69 Å². The molecule has 36 heavy (non-hydrogen) atoms. The van der Waals surface area contributed by atoms with Gasteiger partial charge in [0.1, 0.15) is 0 Å². The van der Waals surface area contributed by atoms with Crippen LogP contribution in [0.5, 0.6) is 0 Å². The molecule has 0 radical (unpaired) electrons. The Morgan fingerprint density at radius 2 is 2.00 bits per heavy atom. The lowest BCUT2D eigenvalue weighted by Crippen LogP contribution is -2.39. The molecular formula is C27H31N5O3S. The molecule has 2 aliphatic heterocycles. The van der Waals surface area contributed by atoms with Crippen molar-refractivity contribution in [1.82, 2.24) is 24.7 Å². The van der Waals surface area contributed by atoms with Crippen molar-refractivity contribution in [1.29, 1.82) is 0 Å². The van der Waals surface area contributed by atoms with Gasteiger partial charge in [0, 0.05) is 50.0 Å². The summed E-state index contributed by atoms with van der Waals surface area (Å²) in [4.78, 5) is 21.6. The molecule has 0 unspecified atom stereocenters. The van der Waals surface area contributed by atoms with Gasteiger partial charge < -0.3 is 24.3 Å². The Labute approximate surface area is 216 Å². The molecule has 4 heterocycles. The van der Waals surface area contributed by atoms with Crippen LogP contribution in [-0.4, -0.2) is 76.9 Å². The topological polar surface area (TPSA) is 71.9 Å². The van der Waals surface area contributed by atoms with E-state index < -0.39 is 0 Å². The smallest absolute Gasteiger partial charge is 0.337 e. The number of morpholine rings is 1. The molecule has 0 saturated carbocycles. The maximum atomic E-state index is 12.2. The molecule has 2 aliphatic rings. The third-order valence-corrected chi connectivity index (χ3v) is 7.16. The van der Waals surface area contributed by atoms with Crippen molar-refractivity contribution in [3.63, 3.8) is 0 Å². The second kappa shape index (κ2) is 11.2. The lowest BCUT2D eigenvalue weighted by atomic mass is 10.0. The van der Waals surface area contributed by atoms with E-state index in [0.717, 1.165) is 68.0 Å². The number of nitrogens with one attached hydrogen (secondary N) is 1. The number of thiocarbonyl (C=S) groups is 1. The fraction of sp³-hybridized carbons (Fsp3) is 0.370. The first-order valence-electron chi connectivity index (χ1n) is 12.3. The summed E-state index contributed by atoms with van der Waals surface area (Å²) in [5.74, 6) is -0.356. The summed E-state index contributed by atoms with van der Waals surface area (Å²) < 4.78 is 12.5. The average molecular weight is 506 g/mol. The van der Waals surface area contributed by atoms with Crippen LogP contribution < -0.4 is 5.32 Å². The molecule has 3 aromatic rings. The third-order valence-electron chi connectivity index (χ3n) is 6.80. The molecule has 0 amide bonds. The van der Waals surface area contributed by atoms with E-state index in [2.05, 4.69) is 30.7 Å². The molecule has 1 N–H and O–H groups in total. The molecule has 188 valence electrons. The standard InChI is InChI=1S/C27H31N5O3S/c1-34-26(33)20-7-4-8-21(19-20)31-13-5-10-23(31)25-24(22-9-2-3-11-28-22)29-27(36)32(25)14-6-12-30-15-17-35-18-16-30/h2-5,7-11,13,19,24-25H,6,12,14-18H2,1H3,(H,29,36)/t24-,25-/m0/s1. The van der Waals surface area contributed by atoms with Gasteiger partial charge in [0.2, 0.25) is 0 Å². The Bertz CT molecular complexity index is 1190. The number of carbonyl (C=O) groups is 1. The van der Waals surface area contributed by atoms with Gasteiger partial charge in [-0.3, -0.25) is 9.88 Å². The second-order valence-electron chi connectivity index (χ2n) is 8.97. The van der Waals surface area contributed by atoms with Crippen molar-refractivity contribution >= 4 is 23.3 Å². The maximum absolute atomic E-state index is 12.2. The zero-order valence-corrected chi connectivity index (χ0v) is 21.2. The molecule has 5 rings (SSSR count). The minimum absolute atomic E-state index is 0.0612. The Morgan fingerprint density at radius 3 is 2.78 bits per heavy atom. The normalized spacial score (nSPS) is 20.4. The highest BCUT2D eigenvalue weighted by Crippen LogP contribution is 2.39. The lowest BCUT2D eigenvalue weighted by molar-refractivity contribution is 0.0365. The largest absolute Gasteiger partial charge is 0.465 e. The predicted molar refractivity (Wildman–Crippen MR) is 141 cm³/mol. The fourth-order valence-electron chi connectivity index (χ4n) is 5.03. The second-order valence-corrected chi connectivity index (χ2v) is 9.36. The SMILES string of the molecule is COC(=O)c1cccc(-n2cccc2[C@H]2[C@H](c3ccccn3)NC(=S)N2CCCN2CCOCC2)c1. The van der Waals surface area contributed by atoms with Crippen LogP contribution in [0.4, 0.5) is 0 Å². The van der Waals surface area contributed by atoms with E-state index in [1.165, 1.54) is 7.11 Å². The molecule has 8 nitrogen and oxygen atoms in total. The molecule has 1 aromatic carbocycles. The number of benzene rings is 1. The zero-order valence-electron chi connectivity index (χ0n) is 20.4. The van der Waals surface area contributed by atoms with Gasteiger partial charge in [-0.05, 0) is 61.1 Å². The van der Waals surface area contributed by atoms with Crippen LogP contribution in [0, 0.1) is 0 Å². The molecule has 2 atom stereocenters. The Kier molecular flexibility index (Phi) is 7.60. The number of hydrogen-bond donors (Lipinski definition) is 1. The van der Waals surface area contributed by atoms with Gasteiger partial charge in [-0.25, -0.2) is 4.79 Å². The highest BCUT2D eigenvalue weighted by molar-refractivity contribution is 7.80. The van der Waals surface area contributed by atoms with Gasteiger partial charge in [-0.1, -0.05) is 12.1 Å². The molecule has 0 spiro atoms. The number of aromatic nitrogens is 2. The van der Waals surface area contributed by atoms with Gasteiger partial charge in [0.05, 0.1) is 43.7 Å². The van der Waals surface area contributed by atoms with Gasteiger partial charge in [0.15, 0.2) is 5.11 Å². The first-order valence-corrected chi connectivity index (χ1v) is 12.7. The number of hydrogen-bond acceptors (Lipinski definition) is 6. The highest BCUT2D eigenvalue weighted by atomic mass is 32.1. The van der Waals surface area contributed by atoms with Gasteiger partial charge >= 0.3 is 5.97 Å². The Balaban J connectivity index is 1.46. The van der Waals surface area contributed by atoms with Crippen LogP contribution in [0.2, 0.25) is 0 Å². The number of ether oxygens (including phenoxy) is 2. The molecule has 2 fully saturated rings. The van der Waals surface area contributed by atoms with E-state index in [-0.39, 0.29) is 18.1 Å². The average Bonchev–Trinajstić information content (AvgIpc) is 3.54. The maximum Gasteiger partial charge on any atom is 0.337 e. The molecular weight excluding hydrogens is 474 g/mol. The molecule has 2 aromatic heterocycles. The number of pyridine rings is 1. The van der Waals surface area contributed by atoms with Crippen LogP contribution in [0.1, 0.15) is 40.3 Å². The number of rotatable bonds is 8. The minimum atomic E-state index is -0.356. The summed E-state index contributed by atoms with van der Waals surface area (Å²) in [7, 11) is 1.40. The summed E-state index contributed by atoms with van der Waals surface area (Å²) in [6.45, 7) is 5.37.